The van der Waals surface area contributed by atoms with Crippen LogP contribution in [0.1, 0.15) is 0 Å². The summed E-state index contributed by atoms with van der Waals surface area (Å²) < 4.78 is 37.5. The van der Waals surface area contributed by atoms with Gasteiger partial charge < -0.3 is 35.9 Å². The van der Waals surface area contributed by atoms with Crippen molar-refractivity contribution in [1.29, 1.82) is 0 Å². The molecule has 0 aliphatic carbocycles. The number of para-hydroxylation sites is 9. The molecule has 0 saturated heterocycles. The van der Waals surface area contributed by atoms with Crippen molar-refractivity contribution in [3.8, 4) is 90.7 Å². The van der Waals surface area contributed by atoms with E-state index in [4.69, 9.17) is 47.6 Å². The Labute approximate surface area is 806 Å². The van der Waals surface area contributed by atoms with Gasteiger partial charge in [-0.3, -0.25) is 0 Å². The summed E-state index contributed by atoms with van der Waals surface area (Å²) in [5.41, 5.74) is 28.1. The van der Waals surface area contributed by atoms with Crippen molar-refractivity contribution < 1.29 is 17.7 Å². The number of rotatable bonds is 10. The van der Waals surface area contributed by atoms with Crippen LogP contribution in [-0.4, -0.2) is 48.2 Å². The maximum Gasteiger partial charge on any atom is 0.231 e. The van der Waals surface area contributed by atoms with Gasteiger partial charge in [-0.1, -0.05) is 303 Å². The lowest BCUT2D eigenvalue weighted by molar-refractivity contribution is 0.653. The van der Waals surface area contributed by atoms with Crippen LogP contribution in [0.2, 0.25) is 0 Å². The summed E-state index contributed by atoms with van der Waals surface area (Å²) in [5, 5.41) is 20.4. The highest BCUT2D eigenvalue weighted by Gasteiger charge is 2.28. The van der Waals surface area contributed by atoms with Crippen LogP contribution in [0, 0.1) is 0 Å². The highest BCUT2D eigenvalue weighted by molar-refractivity contribution is 7.26. The van der Waals surface area contributed by atoms with Crippen molar-refractivity contribution >= 4 is 207 Å². The van der Waals surface area contributed by atoms with Crippen molar-refractivity contribution in [2.24, 2.45) is 0 Å². The number of nitrogens with zero attached hydrogens (tertiary/aromatic N) is 10. The molecule has 0 N–H and O–H groups in total. The fourth-order valence-electron chi connectivity index (χ4n) is 21.6. The highest BCUT2D eigenvalue weighted by atomic mass is 32.1. The van der Waals surface area contributed by atoms with Gasteiger partial charge in [0.15, 0.2) is 23.1 Å². The molecule has 14 nitrogen and oxygen atoms in total. The predicted octanol–water partition coefficient (Wildman–Crippen LogP) is 33.8. The van der Waals surface area contributed by atoms with E-state index in [0.29, 0.717) is 34.6 Å². The Hall–Kier alpha value is -19.0. The van der Waals surface area contributed by atoms with Gasteiger partial charge in [0.05, 0.1) is 82.1 Å². The molecule has 12 heterocycles. The monoisotopic (exact) mass is 1820 g/mol. The first-order valence-corrected chi connectivity index (χ1v) is 48.0. The number of fused-ring (bicyclic) bond motifs is 30. The smallest absolute Gasteiger partial charge is 0.231 e. The van der Waals surface area contributed by atoms with Crippen molar-refractivity contribution in [3.63, 3.8) is 0 Å². The van der Waals surface area contributed by atoms with E-state index in [9.17, 15) is 0 Å². The maximum absolute atomic E-state index is 6.52. The third kappa shape index (κ3) is 12.6. The summed E-state index contributed by atoms with van der Waals surface area (Å²) >= 11 is 1.87. The zero-order valence-corrected chi connectivity index (χ0v) is 76.1. The van der Waals surface area contributed by atoms with Gasteiger partial charge in [0.25, 0.3) is 0 Å². The summed E-state index contributed by atoms with van der Waals surface area (Å²) in [7, 11) is 0. The van der Waals surface area contributed by atoms with E-state index in [2.05, 4.69) is 346 Å². The lowest BCUT2D eigenvalue weighted by Crippen LogP contribution is -1.99. The molecule has 141 heavy (non-hydrogen) atoms. The zero-order valence-electron chi connectivity index (χ0n) is 75.2. The van der Waals surface area contributed by atoms with Gasteiger partial charge in [0.2, 0.25) is 17.1 Å². The normalized spacial score (nSPS) is 12.0. The average molecular weight is 1820 g/mol. The number of benzene rings is 19. The Balaban J connectivity index is 0.000000102. The van der Waals surface area contributed by atoms with Crippen LogP contribution in [0.3, 0.4) is 0 Å². The molecule has 0 amide bonds. The van der Waals surface area contributed by atoms with Gasteiger partial charge in [0, 0.05) is 142 Å². The van der Waals surface area contributed by atoms with Crippen LogP contribution in [0.15, 0.2) is 467 Å². The van der Waals surface area contributed by atoms with E-state index in [1.165, 1.54) is 85.5 Å². The van der Waals surface area contributed by atoms with Gasteiger partial charge in [-0.25, -0.2) is 15.0 Å². The summed E-state index contributed by atoms with van der Waals surface area (Å²) in [6.07, 6.45) is 0. The number of hydrogen-bond acceptors (Lipinski definition) is 11. The number of furan rings is 4. The summed E-state index contributed by atoms with van der Waals surface area (Å²) in [6.45, 7) is 0. The van der Waals surface area contributed by atoms with Gasteiger partial charge in [-0.15, -0.1) is 11.3 Å². The van der Waals surface area contributed by atoms with Gasteiger partial charge >= 0.3 is 0 Å². The van der Waals surface area contributed by atoms with Crippen LogP contribution >= 0.6 is 11.3 Å². The van der Waals surface area contributed by atoms with Crippen molar-refractivity contribution in [1.82, 2.24) is 48.2 Å². The van der Waals surface area contributed by atoms with E-state index in [0.717, 1.165) is 166 Å². The van der Waals surface area contributed by atoms with Gasteiger partial charge in [0.1, 0.15) is 22.3 Å². The maximum atomic E-state index is 6.52. The lowest BCUT2D eigenvalue weighted by Gasteiger charge is -2.13. The predicted molar refractivity (Wildman–Crippen MR) is 578 cm³/mol. The van der Waals surface area contributed by atoms with Gasteiger partial charge in [-0.2, -0.15) is 15.0 Å². The molecular formula is C126H74N10O4S. The SMILES string of the molecule is c1ccc(-c2nc(-c3ccc(-n4c5ccccc5c5ccc6c7ccccc7n(-c7ccccc7)c6c54)cc3)nc3oc4ccccc4c23)cc1.c1ccc(-c2nc(-c3ccc(-n4c5ccccc5c5ccc6c7ccccc7oc6c54)cc3)nc3oc4ccccc4c23)cc1.c1ccc(-c2nc(-c3ccc(-n4c5ccccc5c5ccc6c7ccccc7sc6c54)cc3)nc3oc4ccccc4c23)cc1. The van der Waals surface area contributed by atoms with E-state index in [1.807, 2.05) is 133 Å². The first-order valence-electron chi connectivity index (χ1n) is 47.2. The van der Waals surface area contributed by atoms with Crippen LogP contribution < -0.4 is 0 Å². The van der Waals surface area contributed by atoms with Crippen LogP contribution in [0.25, 0.3) is 286 Å². The molecular weight excluding hydrogens is 1750 g/mol. The molecule has 0 spiro atoms. The molecule has 0 unspecified atom stereocenters. The van der Waals surface area contributed by atoms with E-state index >= 15 is 0 Å². The lowest BCUT2D eigenvalue weighted by atomic mass is 10.1. The Kier molecular flexibility index (Phi) is 17.9. The fraction of sp³-hybridized carbons (Fsp3) is 0. The molecule has 0 atom stereocenters. The standard InChI is InChI=1S/C46H28N4O.C40H23N3O2.C40H23N3OS/c1-3-13-29(14-4-1)42-41-37-19-9-12-22-40(37)51-46(41)48-45(47-42)30-23-25-32(26-24-30)50-39-21-11-8-18-34(39)36-28-27-35-33-17-7-10-20-38(33)49(43(35)44(36)50)31-15-5-2-6-16-31;1-2-10-24(11-3-1)36-35-31-14-6-9-17-34(31)45-40(35)42-39(41-36)25-18-20-26(21-19-25)43-32-15-7-4-12-27(32)29-22-23-30-28-13-5-8-16-33(28)44-38(30)37(29)43;1-2-10-24(11-3-1)36-35-31-14-5-8-16-33(31)44-40(35)42-39(41-36)25-18-20-26(21-19-25)43-32-15-7-4-12-27(32)29-22-23-30-28-13-6-9-17-34(28)45-38(30)37(29)43/h1-28H;2*1-23H. The number of aromatic nitrogens is 10. The summed E-state index contributed by atoms with van der Waals surface area (Å²) in [4.78, 5) is 30.3. The average Bonchev–Trinajstić information content (AvgIpc) is 1.51. The molecule has 0 aliphatic rings. The van der Waals surface area contributed by atoms with Gasteiger partial charge in [-0.05, 0) is 146 Å². The van der Waals surface area contributed by atoms with Crippen LogP contribution in [0.4, 0.5) is 0 Å². The van der Waals surface area contributed by atoms with E-state index in [1.54, 1.807) is 0 Å². The second-order valence-electron chi connectivity index (χ2n) is 35.7. The third-order valence-electron chi connectivity index (χ3n) is 27.9. The van der Waals surface area contributed by atoms with E-state index < -0.39 is 0 Å². The zero-order chi connectivity index (χ0) is 92.4. The first-order chi connectivity index (χ1) is 69.9. The number of thiophene rings is 1. The minimum absolute atomic E-state index is 0.582. The molecule has 15 heteroatoms. The summed E-state index contributed by atoms with van der Waals surface area (Å²) in [5.74, 6) is 1.88. The Morgan fingerprint density at radius 2 is 0.454 bits per heavy atom. The molecule has 0 radical (unpaired) electrons. The van der Waals surface area contributed by atoms with Crippen LogP contribution in [0.5, 0.6) is 0 Å². The number of hydrogen-bond donors (Lipinski definition) is 0. The minimum Gasteiger partial charge on any atom is -0.454 e. The minimum atomic E-state index is 0.582. The van der Waals surface area contributed by atoms with Crippen molar-refractivity contribution in [2.45, 2.75) is 0 Å². The quantitative estimate of drug-likeness (QED) is 0.129. The molecule has 658 valence electrons. The van der Waals surface area contributed by atoms with E-state index in [-0.39, 0.29) is 0 Å². The molecule has 19 aromatic carbocycles. The second-order valence-corrected chi connectivity index (χ2v) is 36.8. The third-order valence-corrected chi connectivity index (χ3v) is 29.0. The van der Waals surface area contributed by atoms with Crippen molar-refractivity contribution in [2.75, 3.05) is 0 Å². The van der Waals surface area contributed by atoms with Crippen molar-refractivity contribution in [3.05, 3.63) is 449 Å². The summed E-state index contributed by atoms with van der Waals surface area (Å²) in [6, 6.07) is 156. The Bertz CT molecular complexity index is 10100. The molecule has 0 saturated carbocycles. The Morgan fingerprint density at radius 3 is 0.844 bits per heavy atom. The fourth-order valence-corrected chi connectivity index (χ4v) is 22.8. The molecule has 31 rings (SSSR count). The molecule has 31 aromatic rings. The Morgan fingerprint density at radius 1 is 0.177 bits per heavy atom. The largest absolute Gasteiger partial charge is 0.454 e. The highest BCUT2D eigenvalue weighted by Crippen LogP contribution is 2.49. The van der Waals surface area contributed by atoms with Crippen LogP contribution in [-0.2, 0) is 0 Å². The molecule has 0 aliphatic heterocycles. The second kappa shape index (κ2) is 31.8. The first kappa shape index (κ1) is 79.4. The molecule has 0 bridgehead atoms. The molecule has 0 fully saturated rings. The topological polar surface area (TPSA) is 150 Å². The molecule has 12 aromatic heterocycles.